The summed E-state index contributed by atoms with van der Waals surface area (Å²) in [6.45, 7) is 0.831. The average Bonchev–Trinajstić information content (AvgIpc) is 2.71. The Morgan fingerprint density at radius 2 is 1.90 bits per heavy atom. The van der Waals surface area contributed by atoms with Crippen molar-refractivity contribution in [2.75, 3.05) is 18.6 Å². The van der Waals surface area contributed by atoms with Gasteiger partial charge in [0.1, 0.15) is 17.8 Å². The zero-order valence-electron chi connectivity index (χ0n) is 10.7. The van der Waals surface area contributed by atoms with Crippen molar-refractivity contribution < 1.29 is 14.4 Å². The minimum Gasteiger partial charge on any atom is -0.489 e. The molecule has 2 rings (SSSR count). The fraction of sp³-hybridized carbons (Fsp3) is 0.250. The lowest BCUT2D eigenvalue weighted by Gasteiger charge is -2.09. The lowest BCUT2D eigenvalue weighted by molar-refractivity contribution is -0.384. The summed E-state index contributed by atoms with van der Waals surface area (Å²) in [6.07, 6.45) is 0.663. The lowest BCUT2D eigenvalue weighted by atomic mass is 10.2. The molecule has 0 amide bonds. The molecule has 1 N–H and O–H groups in total. The molecule has 9 heteroatoms. The summed E-state index contributed by atoms with van der Waals surface area (Å²) in [5.74, 6) is 0.612. The van der Waals surface area contributed by atoms with E-state index in [1.165, 1.54) is 12.1 Å². The van der Waals surface area contributed by atoms with Crippen molar-refractivity contribution in [3.63, 3.8) is 0 Å². The third-order valence-electron chi connectivity index (χ3n) is 2.56. The molecule has 1 aromatic rings. The summed E-state index contributed by atoms with van der Waals surface area (Å²) in [5.41, 5.74) is 1.60. The van der Waals surface area contributed by atoms with Crippen LogP contribution in [0.25, 0.3) is 0 Å². The largest absolute Gasteiger partial charge is 0.489 e. The fourth-order valence-corrected chi connectivity index (χ4v) is 1.63. The van der Waals surface area contributed by atoms with Gasteiger partial charge in [-0.25, -0.2) is 0 Å². The second-order valence-corrected chi connectivity index (χ2v) is 3.92. The molecule has 0 saturated carbocycles. The fourth-order valence-electron chi connectivity index (χ4n) is 1.63. The number of hydrogen-bond acceptors (Lipinski definition) is 8. The Labute approximate surface area is 119 Å². The highest BCUT2D eigenvalue weighted by molar-refractivity contribution is 6.10. The van der Waals surface area contributed by atoms with Crippen LogP contribution in [0.1, 0.15) is 6.42 Å². The van der Waals surface area contributed by atoms with Gasteiger partial charge in [0.25, 0.3) is 5.69 Å². The second kappa shape index (κ2) is 6.21. The van der Waals surface area contributed by atoms with Crippen molar-refractivity contribution in [1.29, 1.82) is 10.5 Å². The second-order valence-electron chi connectivity index (χ2n) is 3.92. The third kappa shape index (κ3) is 3.16. The van der Waals surface area contributed by atoms with Crippen LogP contribution in [-0.4, -0.2) is 23.8 Å². The van der Waals surface area contributed by atoms with Crippen LogP contribution in [0, 0.1) is 32.8 Å². The van der Waals surface area contributed by atoms with Crippen LogP contribution in [0.15, 0.2) is 17.2 Å². The zero-order chi connectivity index (χ0) is 15.2. The summed E-state index contributed by atoms with van der Waals surface area (Å²) in [6, 6.07) is 5.66. The number of nitro groups is 1. The predicted octanol–water partition coefficient (Wildman–Crippen LogP) is 1.57. The van der Waals surface area contributed by atoms with Gasteiger partial charge in [0.15, 0.2) is 11.5 Å². The van der Waals surface area contributed by atoms with Gasteiger partial charge in [0.05, 0.1) is 24.2 Å². The van der Waals surface area contributed by atoms with E-state index in [0.29, 0.717) is 25.4 Å². The van der Waals surface area contributed by atoms with Gasteiger partial charge in [0.2, 0.25) is 5.71 Å². The Kier molecular flexibility index (Phi) is 4.17. The highest BCUT2D eigenvalue weighted by Crippen LogP contribution is 2.39. The Morgan fingerprint density at radius 1 is 1.29 bits per heavy atom. The normalized spacial score (nSPS) is 12.3. The van der Waals surface area contributed by atoms with Crippen molar-refractivity contribution in [3.8, 4) is 23.6 Å². The van der Waals surface area contributed by atoms with E-state index in [9.17, 15) is 10.1 Å². The summed E-state index contributed by atoms with van der Waals surface area (Å²) in [4.78, 5) is 10.4. The molecule has 0 aromatic heterocycles. The Morgan fingerprint density at radius 3 is 2.48 bits per heavy atom. The van der Waals surface area contributed by atoms with Gasteiger partial charge in [-0.1, -0.05) is 0 Å². The van der Waals surface area contributed by atoms with E-state index in [4.69, 9.17) is 20.0 Å². The average molecular weight is 287 g/mol. The summed E-state index contributed by atoms with van der Waals surface area (Å²) >= 11 is 0. The maximum absolute atomic E-state index is 11.1. The SMILES string of the molecule is N#CC(C#N)=NNc1cc2c(cc1[N+](=O)[O-])OCCCO2. The summed E-state index contributed by atoms with van der Waals surface area (Å²) < 4.78 is 10.8. The Balaban J connectivity index is 2.42. The van der Waals surface area contributed by atoms with Gasteiger partial charge in [0, 0.05) is 12.5 Å². The molecule has 0 atom stereocenters. The van der Waals surface area contributed by atoms with Crippen molar-refractivity contribution in [2.24, 2.45) is 5.10 Å². The molecule has 0 saturated heterocycles. The number of nitro benzene ring substituents is 1. The van der Waals surface area contributed by atoms with Gasteiger partial charge in [-0.05, 0) is 0 Å². The van der Waals surface area contributed by atoms with E-state index in [2.05, 4.69) is 10.5 Å². The summed E-state index contributed by atoms with van der Waals surface area (Å²) in [7, 11) is 0. The van der Waals surface area contributed by atoms with E-state index >= 15 is 0 Å². The Bertz CT molecular complexity index is 670. The molecule has 0 bridgehead atoms. The predicted molar refractivity (Wildman–Crippen MR) is 71.0 cm³/mol. The van der Waals surface area contributed by atoms with Crippen LogP contribution in [-0.2, 0) is 0 Å². The van der Waals surface area contributed by atoms with Gasteiger partial charge in [-0.3, -0.25) is 15.5 Å². The van der Waals surface area contributed by atoms with E-state index in [0.717, 1.165) is 0 Å². The van der Waals surface area contributed by atoms with Crippen molar-refractivity contribution in [1.82, 2.24) is 0 Å². The molecule has 0 aliphatic carbocycles. The number of benzene rings is 1. The van der Waals surface area contributed by atoms with Crippen LogP contribution in [0.2, 0.25) is 0 Å². The van der Waals surface area contributed by atoms with Crippen molar-refractivity contribution in [3.05, 3.63) is 22.2 Å². The quantitative estimate of drug-likeness (QED) is 0.506. The first kappa shape index (κ1) is 14.1. The number of anilines is 1. The van der Waals surface area contributed by atoms with E-state index in [1.807, 2.05) is 0 Å². The molecule has 0 spiro atoms. The lowest BCUT2D eigenvalue weighted by Crippen LogP contribution is -2.01. The summed E-state index contributed by atoms with van der Waals surface area (Å²) in [5, 5.41) is 31.7. The maximum atomic E-state index is 11.1. The molecule has 1 aliphatic rings. The van der Waals surface area contributed by atoms with Crippen molar-refractivity contribution >= 4 is 17.1 Å². The number of fused-ring (bicyclic) bond motifs is 1. The van der Waals surface area contributed by atoms with Gasteiger partial charge < -0.3 is 9.47 Å². The molecule has 0 fully saturated rings. The highest BCUT2D eigenvalue weighted by Gasteiger charge is 2.21. The minimum absolute atomic E-state index is 0.00671. The van der Waals surface area contributed by atoms with Crippen LogP contribution in [0.3, 0.4) is 0 Å². The molecular weight excluding hydrogens is 278 g/mol. The highest BCUT2D eigenvalue weighted by atomic mass is 16.6. The monoisotopic (exact) mass is 287 g/mol. The number of ether oxygens (including phenoxy) is 2. The first-order valence-electron chi connectivity index (χ1n) is 5.87. The molecule has 0 unspecified atom stereocenters. The molecule has 1 aromatic carbocycles. The molecule has 106 valence electrons. The zero-order valence-corrected chi connectivity index (χ0v) is 10.7. The molecular formula is C12H9N5O4. The third-order valence-corrected chi connectivity index (χ3v) is 2.56. The molecule has 21 heavy (non-hydrogen) atoms. The Hall–Kier alpha value is -3.33. The molecule has 1 aliphatic heterocycles. The van der Waals surface area contributed by atoms with Gasteiger partial charge in [-0.15, -0.1) is 0 Å². The standard InChI is InChI=1S/C12H9N5O4/c13-6-8(7-14)15-16-9-4-11-12(5-10(9)17(18)19)21-3-1-2-20-11/h4-5,16H,1-3H2. The van der Waals surface area contributed by atoms with Crippen LogP contribution < -0.4 is 14.9 Å². The number of hydrogen-bond donors (Lipinski definition) is 1. The smallest absolute Gasteiger partial charge is 0.298 e. The number of nitrogens with one attached hydrogen (secondary N) is 1. The van der Waals surface area contributed by atoms with Gasteiger partial charge in [-0.2, -0.15) is 15.6 Å². The van der Waals surface area contributed by atoms with Gasteiger partial charge >= 0.3 is 0 Å². The number of nitriles is 2. The number of hydrazone groups is 1. The van der Waals surface area contributed by atoms with E-state index < -0.39 is 10.6 Å². The maximum Gasteiger partial charge on any atom is 0.298 e. The van der Waals surface area contributed by atoms with Crippen LogP contribution in [0.4, 0.5) is 11.4 Å². The minimum atomic E-state index is -0.620. The number of nitrogens with zero attached hydrogens (tertiary/aromatic N) is 4. The van der Waals surface area contributed by atoms with E-state index in [1.54, 1.807) is 12.1 Å². The van der Waals surface area contributed by atoms with Crippen LogP contribution >= 0.6 is 0 Å². The van der Waals surface area contributed by atoms with Crippen molar-refractivity contribution in [2.45, 2.75) is 6.42 Å². The first-order valence-corrected chi connectivity index (χ1v) is 5.87. The first-order chi connectivity index (χ1) is 10.2. The van der Waals surface area contributed by atoms with Crippen LogP contribution in [0.5, 0.6) is 11.5 Å². The molecule has 9 nitrogen and oxygen atoms in total. The van der Waals surface area contributed by atoms with E-state index in [-0.39, 0.29) is 17.1 Å². The molecule has 0 radical (unpaired) electrons. The molecule has 1 heterocycles. The topological polar surface area (TPSA) is 134 Å². The number of rotatable bonds is 3.